The summed E-state index contributed by atoms with van der Waals surface area (Å²) in [6.07, 6.45) is 3.02. The fourth-order valence-corrected chi connectivity index (χ4v) is 6.15. The highest BCUT2D eigenvalue weighted by Gasteiger charge is 2.41. The van der Waals surface area contributed by atoms with Gasteiger partial charge in [-0.05, 0) is 42.7 Å². The number of amides is 1. The SMILES string of the molecule is Cc1cc(N2CC[C@](C)(c3ccccc3)C2)cn2nc(C(=O)N[C@H]3CN(c4cccc(C(=O)O)n4)CC3(C)C)nc12. The summed E-state index contributed by atoms with van der Waals surface area (Å²) in [6, 6.07) is 17.5. The van der Waals surface area contributed by atoms with E-state index in [1.54, 1.807) is 16.6 Å². The second-order valence-corrected chi connectivity index (χ2v) is 12.3. The molecule has 0 aliphatic carbocycles. The summed E-state index contributed by atoms with van der Waals surface area (Å²) in [4.78, 5) is 38.0. The molecule has 3 aromatic heterocycles. The Hall–Kier alpha value is -4.47. The Labute approximate surface area is 239 Å². The zero-order chi connectivity index (χ0) is 28.9. The minimum absolute atomic E-state index is 0.00458. The second kappa shape index (κ2) is 9.87. The van der Waals surface area contributed by atoms with Gasteiger partial charge in [-0.2, -0.15) is 0 Å². The highest BCUT2D eigenvalue weighted by molar-refractivity contribution is 5.91. The van der Waals surface area contributed by atoms with E-state index in [9.17, 15) is 14.7 Å². The first-order chi connectivity index (χ1) is 19.5. The molecule has 10 nitrogen and oxygen atoms in total. The Morgan fingerprint density at radius 1 is 1.00 bits per heavy atom. The van der Waals surface area contributed by atoms with E-state index in [4.69, 9.17) is 0 Å². The van der Waals surface area contributed by atoms with E-state index in [0.29, 0.717) is 24.6 Å². The average Bonchev–Trinajstić information content (AvgIpc) is 3.65. The van der Waals surface area contributed by atoms with Crippen LogP contribution in [0.5, 0.6) is 0 Å². The van der Waals surface area contributed by atoms with Crippen LogP contribution in [0.3, 0.4) is 0 Å². The highest BCUT2D eigenvalue weighted by Crippen LogP contribution is 2.37. The first-order valence-electron chi connectivity index (χ1n) is 14.0. The molecule has 0 unspecified atom stereocenters. The van der Waals surface area contributed by atoms with Crippen molar-refractivity contribution in [3.05, 3.63) is 83.4 Å². The lowest BCUT2D eigenvalue weighted by atomic mass is 9.82. The second-order valence-electron chi connectivity index (χ2n) is 12.3. The van der Waals surface area contributed by atoms with Crippen LogP contribution in [0.25, 0.3) is 5.65 Å². The minimum atomic E-state index is -1.07. The molecule has 6 rings (SSSR count). The fraction of sp³-hybridized carbons (Fsp3) is 0.387. The number of hydrogen-bond donors (Lipinski definition) is 2. The van der Waals surface area contributed by atoms with Gasteiger partial charge in [0, 0.05) is 37.0 Å². The van der Waals surface area contributed by atoms with Gasteiger partial charge in [0.1, 0.15) is 5.82 Å². The van der Waals surface area contributed by atoms with Gasteiger partial charge in [-0.1, -0.05) is 57.2 Å². The number of carboxylic acids is 1. The first-order valence-corrected chi connectivity index (χ1v) is 14.0. The number of hydrogen-bond acceptors (Lipinski definition) is 7. The van der Waals surface area contributed by atoms with Crippen LogP contribution in [0.1, 0.15) is 59.4 Å². The van der Waals surface area contributed by atoms with Crippen LogP contribution in [0, 0.1) is 12.3 Å². The normalized spacial score (nSPS) is 21.9. The maximum atomic E-state index is 13.4. The molecule has 2 N–H and O–H groups in total. The molecule has 4 aromatic rings. The monoisotopic (exact) mass is 553 g/mol. The zero-order valence-electron chi connectivity index (χ0n) is 23.8. The van der Waals surface area contributed by atoms with Crippen LogP contribution in [0.15, 0.2) is 60.8 Å². The largest absolute Gasteiger partial charge is 0.477 e. The van der Waals surface area contributed by atoms with Gasteiger partial charge < -0.3 is 20.2 Å². The van der Waals surface area contributed by atoms with E-state index in [1.807, 2.05) is 18.0 Å². The van der Waals surface area contributed by atoms with Gasteiger partial charge in [0.05, 0.1) is 17.9 Å². The van der Waals surface area contributed by atoms with E-state index in [-0.39, 0.29) is 34.3 Å². The van der Waals surface area contributed by atoms with Crippen LogP contribution in [-0.2, 0) is 5.41 Å². The highest BCUT2D eigenvalue weighted by atomic mass is 16.4. The maximum Gasteiger partial charge on any atom is 0.354 e. The van der Waals surface area contributed by atoms with Crippen molar-refractivity contribution in [3.8, 4) is 0 Å². The number of nitrogens with zero attached hydrogens (tertiary/aromatic N) is 6. The van der Waals surface area contributed by atoms with Crippen LogP contribution in [-0.4, -0.2) is 68.8 Å². The van der Waals surface area contributed by atoms with Crippen molar-refractivity contribution in [1.82, 2.24) is 24.9 Å². The summed E-state index contributed by atoms with van der Waals surface area (Å²) in [7, 11) is 0. The number of pyridine rings is 2. The van der Waals surface area contributed by atoms with E-state index < -0.39 is 5.97 Å². The summed E-state index contributed by atoms with van der Waals surface area (Å²) in [5, 5.41) is 17.0. The predicted octanol–water partition coefficient (Wildman–Crippen LogP) is 3.94. The molecule has 0 bridgehead atoms. The Morgan fingerprint density at radius 2 is 1.78 bits per heavy atom. The lowest BCUT2D eigenvalue weighted by molar-refractivity contribution is 0.0690. The Kier molecular flexibility index (Phi) is 6.43. The van der Waals surface area contributed by atoms with Crippen molar-refractivity contribution in [3.63, 3.8) is 0 Å². The minimum Gasteiger partial charge on any atom is -0.477 e. The predicted molar refractivity (Wildman–Crippen MR) is 157 cm³/mol. The topological polar surface area (TPSA) is 116 Å². The number of rotatable bonds is 6. The summed E-state index contributed by atoms with van der Waals surface area (Å²) in [5.41, 5.74) is 3.82. The van der Waals surface area contributed by atoms with Crippen LogP contribution in [0.4, 0.5) is 11.5 Å². The molecule has 1 amide bonds. The molecule has 212 valence electrons. The van der Waals surface area contributed by atoms with E-state index in [2.05, 4.69) is 82.5 Å². The third-order valence-corrected chi connectivity index (χ3v) is 8.64. The maximum absolute atomic E-state index is 13.4. The van der Waals surface area contributed by atoms with Gasteiger partial charge in [-0.25, -0.2) is 19.3 Å². The number of aryl methyl sites for hydroxylation is 1. The lowest BCUT2D eigenvalue weighted by Crippen LogP contribution is -2.44. The van der Waals surface area contributed by atoms with Gasteiger partial charge in [-0.3, -0.25) is 4.79 Å². The standard InChI is InChI=1S/C31H35N7O3/c1-20-15-22(36-14-13-31(4,19-36)21-9-6-5-7-10-21)16-38-27(20)34-26(35-38)28(39)33-24-17-37(18-30(24,2)3)25-12-8-11-23(32-25)29(40)41/h5-12,15-16,24H,13-14,17-19H2,1-4H3,(H,33,39)(H,40,41)/t24-,31-/m0/s1. The summed E-state index contributed by atoms with van der Waals surface area (Å²) in [6.45, 7) is 11.4. The third-order valence-electron chi connectivity index (χ3n) is 8.64. The van der Waals surface area contributed by atoms with Crippen LogP contribution in [0.2, 0.25) is 0 Å². The number of fused-ring (bicyclic) bond motifs is 1. The molecule has 2 fully saturated rings. The molecule has 2 aliphatic rings. The number of carbonyl (C=O) groups is 2. The number of benzene rings is 1. The van der Waals surface area contributed by atoms with Crippen LogP contribution >= 0.6 is 0 Å². The van der Waals surface area contributed by atoms with E-state index in [0.717, 1.165) is 30.8 Å². The number of carbonyl (C=O) groups excluding carboxylic acids is 1. The quantitative estimate of drug-likeness (QED) is 0.369. The molecule has 0 saturated carbocycles. The van der Waals surface area contributed by atoms with E-state index in [1.165, 1.54) is 11.6 Å². The molecule has 2 saturated heterocycles. The molecule has 41 heavy (non-hydrogen) atoms. The lowest BCUT2D eigenvalue weighted by Gasteiger charge is -2.26. The van der Waals surface area contributed by atoms with Gasteiger partial charge >= 0.3 is 5.97 Å². The molecule has 2 atom stereocenters. The number of carboxylic acid groups (broad SMARTS) is 1. The number of anilines is 2. The smallest absolute Gasteiger partial charge is 0.354 e. The molecule has 1 aromatic carbocycles. The van der Waals surface area contributed by atoms with Gasteiger partial charge in [0.25, 0.3) is 5.91 Å². The fourth-order valence-electron chi connectivity index (χ4n) is 6.15. The molecule has 5 heterocycles. The third kappa shape index (κ3) is 4.98. The number of nitrogens with one attached hydrogen (secondary N) is 1. The Bertz CT molecular complexity index is 1630. The van der Waals surface area contributed by atoms with Crippen LogP contribution < -0.4 is 15.1 Å². The molecular weight excluding hydrogens is 518 g/mol. The van der Waals surface area contributed by atoms with Gasteiger partial charge in [-0.15, -0.1) is 5.10 Å². The van der Waals surface area contributed by atoms with Crippen molar-refractivity contribution in [1.29, 1.82) is 0 Å². The van der Waals surface area contributed by atoms with Crippen molar-refractivity contribution < 1.29 is 14.7 Å². The zero-order valence-corrected chi connectivity index (χ0v) is 23.8. The average molecular weight is 554 g/mol. The summed E-state index contributed by atoms with van der Waals surface area (Å²) in [5.74, 6) is -0.698. The van der Waals surface area contributed by atoms with Crippen molar-refractivity contribution >= 4 is 29.0 Å². The molecule has 2 aliphatic heterocycles. The van der Waals surface area contributed by atoms with Crippen molar-refractivity contribution in [2.45, 2.75) is 45.6 Å². The molecule has 0 radical (unpaired) electrons. The van der Waals surface area contributed by atoms with Crippen molar-refractivity contribution in [2.75, 3.05) is 36.0 Å². The molecule has 0 spiro atoms. The summed E-state index contributed by atoms with van der Waals surface area (Å²) >= 11 is 0. The molecular formula is C31H35N7O3. The van der Waals surface area contributed by atoms with Crippen molar-refractivity contribution in [2.24, 2.45) is 5.41 Å². The summed E-state index contributed by atoms with van der Waals surface area (Å²) < 4.78 is 1.71. The number of aromatic nitrogens is 4. The van der Waals surface area contributed by atoms with Gasteiger partial charge in [0.2, 0.25) is 5.82 Å². The molecule has 10 heteroatoms. The Morgan fingerprint density at radius 3 is 2.54 bits per heavy atom. The Balaban J connectivity index is 1.19. The van der Waals surface area contributed by atoms with Gasteiger partial charge in [0.15, 0.2) is 11.3 Å². The number of aromatic carboxylic acids is 1. The first kappa shape index (κ1) is 26.7. The van der Waals surface area contributed by atoms with E-state index >= 15 is 0 Å².